The van der Waals surface area contributed by atoms with Crippen molar-refractivity contribution in [2.75, 3.05) is 0 Å². The summed E-state index contributed by atoms with van der Waals surface area (Å²) in [5.41, 5.74) is 15.9. The summed E-state index contributed by atoms with van der Waals surface area (Å²) in [7, 11) is 0. The number of nitriles is 1. The van der Waals surface area contributed by atoms with Gasteiger partial charge in [0, 0.05) is 27.5 Å². The summed E-state index contributed by atoms with van der Waals surface area (Å²) in [6, 6.07) is 77.1. The Balaban J connectivity index is 0.993. The van der Waals surface area contributed by atoms with Gasteiger partial charge in [0.2, 0.25) is 0 Å². The first-order chi connectivity index (χ1) is 31.1. The predicted octanol–water partition coefficient (Wildman–Crippen LogP) is 15.0. The molecule has 0 aliphatic rings. The van der Waals surface area contributed by atoms with E-state index in [1.54, 1.807) is 0 Å². The Morgan fingerprint density at radius 3 is 1.33 bits per heavy atom. The van der Waals surface area contributed by atoms with Crippen LogP contribution in [0.2, 0.25) is 0 Å². The largest absolute Gasteiger partial charge is 0.456 e. The molecule has 0 atom stereocenters. The van der Waals surface area contributed by atoms with E-state index in [0.29, 0.717) is 23.0 Å². The lowest BCUT2D eigenvalue weighted by molar-refractivity contribution is 0.669. The van der Waals surface area contributed by atoms with Gasteiger partial charge in [0.15, 0.2) is 17.5 Å². The molecule has 0 spiro atoms. The summed E-state index contributed by atoms with van der Waals surface area (Å²) in [6.45, 7) is 0. The number of nitrogens with zero attached hydrogens (tertiary/aromatic N) is 4. The lowest BCUT2D eigenvalue weighted by atomic mass is 9.96. The van der Waals surface area contributed by atoms with Crippen molar-refractivity contribution in [1.29, 1.82) is 5.26 Å². The number of rotatable bonds is 8. The van der Waals surface area contributed by atoms with E-state index in [-0.39, 0.29) is 0 Å². The van der Waals surface area contributed by atoms with Crippen molar-refractivity contribution in [3.8, 4) is 95.9 Å². The first kappa shape index (κ1) is 37.3. The van der Waals surface area contributed by atoms with Crippen LogP contribution in [-0.4, -0.2) is 15.0 Å². The molecule has 0 fully saturated rings. The Morgan fingerprint density at radius 2 is 0.730 bits per heavy atom. The Labute approximate surface area is 364 Å². The molecule has 2 heterocycles. The molecule has 5 nitrogen and oxygen atoms in total. The molecule has 0 aliphatic heterocycles. The molecule has 0 unspecified atom stereocenters. The van der Waals surface area contributed by atoms with Crippen molar-refractivity contribution in [3.05, 3.63) is 224 Å². The smallest absolute Gasteiger partial charge is 0.164 e. The third-order valence-electron chi connectivity index (χ3n) is 11.6. The van der Waals surface area contributed by atoms with Gasteiger partial charge in [-0.15, -0.1) is 0 Å². The second-order valence-corrected chi connectivity index (χ2v) is 15.5. The molecule has 0 saturated carbocycles. The van der Waals surface area contributed by atoms with E-state index in [1.165, 1.54) is 22.3 Å². The average Bonchev–Trinajstić information content (AvgIpc) is 3.75. The molecule has 0 N–H and O–H groups in total. The van der Waals surface area contributed by atoms with Crippen LogP contribution in [0.5, 0.6) is 0 Å². The SMILES string of the molecule is N#Cc1ccc(-c2cccc(-c3nc(-c4ccc(-c5cccc(-c6ccccc6)c5)cc4)nc(-c4ccc5c(c4)oc4cccc(-c6ccc(-c7ccccc7)cc6)c45)n3)c2)cc1. The van der Waals surface area contributed by atoms with Gasteiger partial charge in [0.05, 0.1) is 11.6 Å². The first-order valence-corrected chi connectivity index (χ1v) is 20.9. The summed E-state index contributed by atoms with van der Waals surface area (Å²) in [5.74, 6) is 1.66. The second kappa shape index (κ2) is 16.0. The molecular formula is C58H36N4O. The minimum atomic E-state index is 0.539. The van der Waals surface area contributed by atoms with Crippen LogP contribution >= 0.6 is 0 Å². The molecule has 0 amide bonds. The normalized spacial score (nSPS) is 11.2. The van der Waals surface area contributed by atoms with Gasteiger partial charge in [-0.2, -0.15) is 5.26 Å². The number of hydrogen-bond donors (Lipinski definition) is 0. The lowest BCUT2D eigenvalue weighted by Gasteiger charge is -2.11. The zero-order chi connectivity index (χ0) is 42.1. The van der Waals surface area contributed by atoms with Crippen molar-refractivity contribution in [1.82, 2.24) is 15.0 Å². The molecule has 0 radical (unpaired) electrons. The van der Waals surface area contributed by atoms with Gasteiger partial charge < -0.3 is 4.42 Å². The zero-order valence-corrected chi connectivity index (χ0v) is 34.0. The lowest BCUT2D eigenvalue weighted by Crippen LogP contribution is -2.00. The Morgan fingerprint density at radius 1 is 0.317 bits per heavy atom. The third kappa shape index (κ3) is 7.33. The molecule has 11 aromatic rings. The summed E-state index contributed by atoms with van der Waals surface area (Å²) >= 11 is 0. The van der Waals surface area contributed by atoms with Gasteiger partial charge in [0.1, 0.15) is 11.2 Å². The molecule has 0 bridgehead atoms. The minimum absolute atomic E-state index is 0.539. The van der Waals surface area contributed by atoms with Crippen LogP contribution in [0.1, 0.15) is 5.56 Å². The molecule has 0 aliphatic carbocycles. The van der Waals surface area contributed by atoms with Gasteiger partial charge in [-0.25, -0.2) is 15.0 Å². The maximum absolute atomic E-state index is 9.38. The van der Waals surface area contributed by atoms with E-state index >= 15 is 0 Å². The fourth-order valence-corrected chi connectivity index (χ4v) is 8.34. The third-order valence-corrected chi connectivity index (χ3v) is 11.6. The van der Waals surface area contributed by atoms with Crippen LogP contribution in [0.15, 0.2) is 223 Å². The standard InChI is InChI=1S/C58H36N4O/c59-37-38-20-22-42(23-21-38)48-16-8-17-49(35-48)57-60-56(45-30-26-43(27-31-45)47-15-7-14-46(34-47)40-12-5-2-6-13-40)61-58(62-57)50-32-33-52-54(36-50)63-53-19-9-18-51(55(52)53)44-28-24-41(25-29-44)39-10-3-1-4-11-39/h1-36H. The van der Waals surface area contributed by atoms with Crippen LogP contribution in [0.3, 0.4) is 0 Å². The number of fused-ring (bicyclic) bond motifs is 3. The molecule has 9 aromatic carbocycles. The maximum Gasteiger partial charge on any atom is 0.164 e. The molecule has 0 saturated heterocycles. The molecule has 11 rings (SSSR count). The maximum atomic E-state index is 9.38. The summed E-state index contributed by atoms with van der Waals surface area (Å²) in [5, 5.41) is 11.5. The molecular weight excluding hydrogens is 769 g/mol. The van der Waals surface area contributed by atoms with Crippen molar-refractivity contribution >= 4 is 21.9 Å². The van der Waals surface area contributed by atoms with E-state index in [0.717, 1.165) is 72.0 Å². The summed E-state index contributed by atoms with van der Waals surface area (Å²) < 4.78 is 6.58. The number of hydrogen-bond acceptors (Lipinski definition) is 5. The quantitative estimate of drug-likeness (QED) is 0.153. The van der Waals surface area contributed by atoms with E-state index in [9.17, 15) is 5.26 Å². The highest BCUT2D eigenvalue weighted by molar-refractivity contribution is 6.13. The van der Waals surface area contributed by atoms with Crippen molar-refractivity contribution in [2.24, 2.45) is 0 Å². The van der Waals surface area contributed by atoms with Crippen molar-refractivity contribution < 1.29 is 4.42 Å². The topological polar surface area (TPSA) is 75.6 Å². The van der Waals surface area contributed by atoms with Crippen molar-refractivity contribution in [3.63, 3.8) is 0 Å². The highest BCUT2D eigenvalue weighted by Crippen LogP contribution is 2.39. The minimum Gasteiger partial charge on any atom is -0.456 e. The van der Waals surface area contributed by atoms with Crippen LogP contribution in [0, 0.1) is 11.3 Å². The Hall–Kier alpha value is -8.72. The van der Waals surface area contributed by atoms with Crippen molar-refractivity contribution in [2.45, 2.75) is 0 Å². The van der Waals surface area contributed by atoms with Crippen LogP contribution in [0.4, 0.5) is 0 Å². The van der Waals surface area contributed by atoms with Crippen LogP contribution in [-0.2, 0) is 0 Å². The fourth-order valence-electron chi connectivity index (χ4n) is 8.34. The van der Waals surface area contributed by atoms with Crippen LogP contribution in [0.25, 0.3) is 112 Å². The number of benzene rings is 9. The highest BCUT2D eigenvalue weighted by Gasteiger charge is 2.18. The molecule has 294 valence electrons. The molecule has 5 heteroatoms. The molecule has 2 aromatic heterocycles. The summed E-state index contributed by atoms with van der Waals surface area (Å²) in [6.07, 6.45) is 0. The van der Waals surface area contributed by atoms with Gasteiger partial charge in [-0.1, -0.05) is 176 Å². The molecule has 63 heavy (non-hydrogen) atoms. The zero-order valence-electron chi connectivity index (χ0n) is 34.0. The second-order valence-electron chi connectivity index (χ2n) is 15.5. The number of aromatic nitrogens is 3. The van der Waals surface area contributed by atoms with Crippen LogP contribution < -0.4 is 0 Å². The Kier molecular flexibility index (Phi) is 9.50. The first-order valence-electron chi connectivity index (χ1n) is 20.9. The number of furan rings is 1. The Bertz CT molecular complexity index is 3480. The van der Waals surface area contributed by atoms with E-state index in [1.807, 2.05) is 66.7 Å². The predicted molar refractivity (Wildman–Crippen MR) is 255 cm³/mol. The van der Waals surface area contributed by atoms with E-state index in [2.05, 4.69) is 158 Å². The van der Waals surface area contributed by atoms with Gasteiger partial charge in [-0.05, 0) is 98.1 Å². The average molecular weight is 805 g/mol. The highest BCUT2D eigenvalue weighted by atomic mass is 16.3. The monoisotopic (exact) mass is 804 g/mol. The van der Waals surface area contributed by atoms with Gasteiger partial charge >= 0.3 is 0 Å². The van der Waals surface area contributed by atoms with E-state index < -0.39 is 0 Å². The van der Waals surface area contributed by atoms with Gasteiger partial charge in [-0.3, -0.25) is 0 Å². The summed E-state index contributed by atoms with van der Waals surface area (Å²) in [4.78, 5) is 15.3. The van der Waals surface area contributed by atoms with Gasteiger partial charge in [0.25, 0.3) is 0 Å². The van der Waals surface area contributed by atoms with E-state index in [4.69, 9.17) is 19.4 Å². The fraction of sp³-hybridized carbons (Fsp3) is 0.